The number of hydrogen-bond donors (Lipinski definition) is 0. The van der Waals surface area contributed by atoms with Crippen molar-refractivity contribution >= 4 is 66.6 Å². The highest BCUT2D eigenvalue weighted by molar-refractivity contribution is 6.30. The van der Waals surface area contributed by atoms with Crippen LogP contribution in [0.25, 0.3) is 43.6 Å². The molecule has 0 bridgehead atoms. The lowest BCUT2D eigenvalue weighted by atomic mass is 10.1. The number of pyridine rings is 6. The van der Waals surface area contributed by atoms with E-state index in [-0.39, 0.29) is 0 Å². The Hall–Kier alpha value is -6.39. The molecule has 0 N–H and O–H groups in total. The first kappa shape index (κ1) is 39.8. The van der Waals surface area contributed by atoms with Crippen molar-refractivity contribution in [2.45, 2.75) is 60.3 Å². The fraction of sp³-hybridized carbons (Fsp3) is 0.234. The lowest BCUT2D eigenvalue weighted by Crippen LogP contribution is -2.02. The Morgan fingerprint density at radius 2 is 0.862 bits per heavy atom. The summed E-state index contributed by atoms with van der Waals surface area (Å²) in [6.07, 6.45) is 3.28. The third-order valence-electron chi connectivity index (χ3n) is 9.52. The number of halogens is 1. The molecule has 2 aromatic carbocycles. The number of fused-ring (bicyclic) bond motifs is 6. The number of benzene rings is 2. The number of oxime groups is 2. The van der Waals surface area contributed by atoms with Gasteiger partial charge in [-0.3, -0.25) is 24.9 Å². The maximum absolute atomic E-state index is 6.08. The fourth-order valence-corrected chi connectivity index (χ4v) is 6.62. The van der Waals surface area contributed by atoms with Gasteiger partial charge in [0.2, 0.25) is 0 Å². The van der Waals surface area contributed by atoms with E-state index in [0.29, 0.717) is 18.4 Å². The van der Waals surface area contributed by atoms with E-state index in [4.69, 9.17) is 36.2 Å². The third-order valence-corrected chi connectivity index (χ3v) is 9.73. The van der Waals surface area contributed by atoms with Gasteiger partial charge in [-0.25, -0.2) is 4.98 Å². The predicted octanol–water partition coefficient (Wildman–Crippen LogP) is 10.7. The van der Waals surface area contributed by atoms with E-state index in [1.165, 1.54) is 0 Å². The van der Waals surface area contributed by atoms with Crippen LogP contribution in [0.15, 0.2) is 120 Å². The molecule has 11 heteroatoms. The average Bonchev–Trinajstić information content (AvgIpc) is 3.23. The standard InChI is InChI=1S/C24H24N4O.C23H21ClN4O/c1-16-6-4-8-22(25-16)18(3)28-29-15-5-7-21-14-13-20-12-11-19-10-9-17(2)26-23(19)24(20)27-21;1-15-5-3-7-20(25-15)16(2)28-29-14-4-6-19-12-10-17-8-9-18-11-13-21(24)27-23(18)22(17)26-19/h4,6,8-14H,5,7,15H2,1-3H3;3,5,7-13H,4,6,14H2,1-2H3/b28-18+;28-16+. The zero-order valence-corrected chi connectivity index (χ0v) is 34.2. The van der Waals surface area contributed by atoms with Gasteiger partial charge in [-0.05, 0) is 115 Å². The lowest BCUT2D eigenvalue weighted by molar-refractivity contribution is 0.141. The summed E-state index contributed by atoms with van der Waals surface area (Å²) < 4.78 is 0. The van der Waals surface area contributed by atoms with Gasteiger partial charge in [-0.1, -0.05) is 76.5 Å². The van der Waals surface area contributed by atoms with Crippen molar-refractivity contribution in [1.82, 2.24) is 29.9 Å². The molecule has 6 aromatic heterocycles. The van der Waals surface area contributed by atoms with Gasteiger partial charge in [-0.2, -0.15) is 0 Å². The highest BCUT2D eigenvalue weighted by Crippen LogP contribution is 2.25. The number of aryl methyl sites for hydroxylation is 5. The monoisotopic (exact) mass is 788 g/mol. The molecule has 0 aliphatic carbocycles. The minimum Gasteiger partial charge on any atom is -0.396 e. The van der Waals surface area contributed by atoms with Crippen LogP contribution >= 0.6 is 11.6 Å². The average molecular weight is 789 g/mol. The highest BCUT2D eigenvalue weighted by Gasteiger charge is 2.08. The van der Waals surface area contributed by atoms with Crippen molar-refractivity contribution in [3.8, 4) is 0 Å². The second-order valence-corrected chi connectivity index (χ2v) is 14.6. The topological polar surface area (TPSA) is 121 Å². The SMILES string of the molecule is C/C(=N\OCCCc1ccc2ccc3ccc(C)nc3c2n1)c1cccc(C)n1.C/C(=N\OCCCc1ccc2ccc3ccc(Cl)nc3c2n1)c1cccc(C)n1. The minimum atomic E-state index is 0.474. The lowest BCUT2D eigenvalue weighted by Gasteiger charge is -2.07. The zero-order valence-electron chi connectivity index (χ0n) is 33.4. The van der Waals surface area contributed by atoms with Crippen molar-refractivity contribution in [3.63, 3.8) is 0 Å². The van der Waals surface area contributed by atoms with Crippen LogP contribution in [-0.4, -0.2) is 54.5 Å². The molecule has 0 fully saturated rings. The van der Waals surface area contributed by atoms with Gasteiger partial charge in [-0.15, -0.1) is 0 Å². The molecule has 0 amide bonds. The third kappa shape index (κ3) is 10.1. The maximum atomic E-state index is 6.08. The molecular weight excluding hydrogens is 744 g/mol. The molecule has 0 unspecified atom stereocenters. The first-order chi connectivity index (χ1) is 28.2. The number of rotatable bonds is 12. The first-order valence-corrected chi connectivity index (χ1v) is 19.8. The smallest absolute Gasteiger partial charge is 0.129 e. The largest absolute Gasteiger partial charge is 0.396 e. The quantitative estimate of drug-likeness (QED) is 0.0394. The molecule has 6 heterocycles. The van der Waals surface area contributed by atoms with E-state index in [1.807, 2.05) is 95.3 Å². The molecule has 0 radical (unpaired) electrons. The van der Waals surface area contributed by atoms with Crippen LogP contribution in [0.3, 0.4) is 0 Å². The second kappa shape index (κ2) is 18.7. The molecule has 0 spiro atoms. The van der Waals surface area contributed by atoms with Gasteiger partial charge in [0.05, 0.1) is 33.5 Å². The van der Waals surface area contributed by atoms with Gasteiger partial charge in [0, 0.05) is 50.0 Å². The molecule has 8 aromatic rings. The fourth-order valence-electron chi connectivity index (χ4n) is 6.47. The molecule has 0 atom stereocenters. The van der Waals surface area contributed by atoms with E-state index in [2.05, 4.69) is 67.7 Å². The highest BCUT2D eigenvalue weighted by atomic mass is 35.5. The summed E-state index contributed by atoms with van der Waals surface area (Å²) >= 11 is 6.08. The Morgan fingerprint density at radius 1 is 0.466 bits per heavy atom. The van der Waals surface area contributed by atoms with Crippen molar-refractivity contribution in [2.24, 2.45) is 10.3 Å². The maximum Gasteiger partial charge on any atom is 0.129 e. The van der Waals surface area contributed by atoms with E-state index in [9.17, 15) is 0 Å². The molecule has 8 rings (SSSR count). The van der Waals surface area contributed by atoms with Crippen molar-refractivity contribution in [1.29, 1.82) is 0 Å². The molecule has 0 saturated carbocycles. The van der Waals surface area contributed by atoms with Gasteiger partial charge in [0.1, 0.15) is 29.8 Å². The zero-order chi connectivity index (χ0) is 40.4. The number of aromatic nitrogens is 6. The Labute approximate surface area is 343 Å². The van der Waals surface area contributed by atoms with E-state index < -0.39 is 0 Å². The molecule has 0 aliphatic heterocycles. The van der Waals surface area contributed by atoms with Crippen LogP contribution in [0.4, 0.5) is 0 Å². The summed E-state index contributed by atoms with van der Waals surface area (Å²) in [5.41, 5.74) is 11.8. The summed E-state index contributed by atoms with van der Waals surface area (Å²) in [6, 6.07) is 36.3. The minimum absolute atomic E-state index is 0.474. The van der Waals surface area contributed by atoms with Crippen molar-refractivity contribution in [3.05, 3.63) is 154 Å². The molecular formula is C47H45ClN8O2. The summed E-state index contributed by atoms with van der Waals surface area (Å²) in [4.78, 5) is 38.7. The summed E-state index contributed by atoms with van der Waals surface area (Å²) in [5, 5.41) is 13.2. The molecule has 58 heavy (non-hydrogen) atoms. The Balaban J connectivity index is 0.000000177. The van der Waals surface area contributed by atoms with Crippen LogP contribution in [0.5, 0.6) is 0 Å². The molecule has 10 nitrogen and oxygen atoms in total. The van der Waals surface area contributed by atoms with Crippen LogP contribution < -0.4 is 0 Å². The van der Waals surface area contributed by atoms with Crippen LogP contribution in [0, 0.1) is 20.8 Å². The summed E-state index contributed by atoms with van der Waals surface area (Å²) in [6.45, 7) is 10.8. The summed E-state index contributed by atoms with van der Waals surface area (Å²) in [5.74, 6) is 0. The Kier molecular flexibility index (Phi) is 12.8. The molecule has 0 aliphatic rings. The molecule has 292 valence electrons. The normalized spacial score (nSPS) is 11.9. The van der Waals surface area contributed by atoms with Gasteiger partial charge < -0.3 is 9.68 Å². The van der Waals surface area contributed by atoms with Gasteiger partial charge in [0.15, 0.2) is 0 Å². The van der Waals surface area contributed by atoms with E-state index >= 15 is 0 Å². The van der Waals surface area contributed by atoms with Crippen molar-refractivity contribution in [2.75, 3.05) is 13.2 Å². The molecule has 0 saturated heterocycles. The number of hydrogen-bond acceptors (Lipinski definition) is 10. The Bertz CT molecular complexity index is 2600. The van der Waals surface area contributed by atoms with Crippen LogP contribution in [-0.2, 0) is 22.5 Å². The second-order valence-electron chi connectivity index (χ2n) is 14.2. The van der Waals surface area contributed by atoms with Crippen LogP contribution in [0.1, 0.15) is 66.5 Å². The van der Waals surface area contributed by atoms with E-state index in [1.54, 1.807) is 6.07 Å². The van der Waals surface area contributed by atoms with E-state index in [0.717, 1.165) is 121 Å². The van der Waals surface area contributed by atoms with Gasteiger partial charge >= 0.3 is 0 Å². The summed E-state index contributed by atoms with van der Waals surface area (Å²) in [7, 11) is 0. The first-order valence-electron chi connectivity index (χ1n) is 19.4. The van der Waals surface area contributed by atoms with Crippen molar-refractivity contribution < 1.29 is 9.68 Å². The van der Waals surface area contributed by atoms with Gasteiger partial charge in [0.25, 0.3) is 0 Å². The predicted molar refractivity (Wildman–Crippen MR) is 235 cm³/mol. The Morgan fingerprint density at radius 3 is 1.34 bits per heavy atom. The number of nitrogens with zero attached hydrogens (tertiary/aromatic N) is 8. The van der Waals surface area contributed by atoms with Crippen LogP contribution in [0.2, 0.25) is 5.15 Å².